The summed E-state index contributed by atoms with van der Waals surface area (Å²) in [6.45, 7) is 8.53. The summed E-state index contributed by atoms with van der Waals surface area (Å²) in [5.41, 5.74) is 3.99. The first-order valence-corrected chi connectivity index (χ1v) is 11.1. The van der Waals surface area contributed by atoms with Gasteiger partial charge < -0.3 is 9.15 Å². The second-order valence-electron chi connectivity index (χ2n) is 8.94. The molecule has 0 bridgehead atoms. The summed E-state index contributed by atoms with van der Waals surface area (Å²) in [5.74, 6) is 0.564. The van der Waals surface area contributed by atoms with E-state index >= 15 is 0 Å². The lowest BCUT2D eigenvalue weighted by Gasteiger charge is -2.19. The SMILES string of the molecule is Cc1ccc2oc(-c3ccc(C(C)(C)C)cc3)c(OCc3ccc(Cl)cc3Cl)c(=O)c2c1. The van der Waals surface area contributed by atoms with Gasteiger partial charge in [-0.25, -0.2) is 0 Å². The second kappa shape index (κ2) is 8.65. The van der Waals surface area contributed by atoms with E-state index in [1.165, 1.54) is 5.56 Å². The quantitative estimate of drug-likeness (QED) is 0.306. The third kappa shape index (κ3) is 4.55. The molecule has 3 aromatic carbocycles. The fourth-order valence-corrected chi connectivity index (χ4v) is 3.99. The average Bonchev–Trinajstić information content (AvgIpc) is 2.74. The maximum Gasteiger partial charge on any atom is 0.235 e. The first-order chi connectivity index (χ1) is 15.1. The zero-order valence-electron chi connectivity index (χ0n) is 18.5. The third-order valence-electron chi connectivity index (χ3n) is 5.40. The van der Waals surface area contributed by atoms with Crippen LogP contribution in [0.2, 0.25) is 10.0 Å². The van der Waals surface area contributed by atoms with E-state index in [2.05, 4.69) is 32.9 Å². The molecule has 1 heterocycles. The Balaban J connectivity index is 1.83. The summed E-state index contributed by atoms with van der Waals surface area (Å²) in [6, 6.07) is 18.8. The summed E-state index contributed by atoms with van der Waals surface area (Å²) in [7, 11) is 0. The molecule has 32 heavy (non-hydrogen) atoms. The van der Waals surface area contributed by atoms with Crippen molar-refractivity contribution in [2.45, 2.75) is 39.7 Å². The van der Waals surface area contributed by atoms with Crippen LogP contribution in [0.25, 0.3) is 22.3 Å². The number of aryl methyl sites for hydroxylation is 1. The first kappa shape index (κ1) is 22.4. The molecular weight excluding hydrogens is 443 g/mol. The Morgan fingerprint density at radius 1 is 0.938 bits per heavy atom. The van der Waals surface area contributed by atoms with Crippen molar-refractivity contribution in [2.24, 2.45) is 0 Å². The number of benzene rings is 3. The molecule has 164 valence electrons. The molecule has 1 aromatic heterocycles. The van der Waals surface area contributed by atoms with Gasteiger partial charge in [0.15, 0.2) is 5.76 Å². The van der Waals surface area contributed by atoms with E-state index in [4.69, 9.17) is 32.4 Å². The van der Waals surface area contributed by atoms with Crippen LogP contribution in [0.15, 0.2) is 69.9 Å². The van der Waals surface area contributed by atoms with Gasteiger partial charge in [0.25, 0.3) is 0 Å². The van der Waals surface area contributed by atoms with Gasteiger partial charge in [0.1, 0.15) is 12.2 Å². The maximum atomic E-state index is 13.4. The fourth-order valence-electron chi connectivity index (χ4n) is 3.52. The molecule has 0 aliphatic heterocycles. The lowest BCUT2D eigenvalue weighted by molar-refractivity contribution is 0.298. The molecule has 3 nitrogen and oxygen atoms in total. The molecule has 0 amide bonds. The highest BCUT2D eigenvalue weighted by atomic mass is 35.5. The van der Waals surface area contributed by atoms with E-state index in [0.29, 0.717) is 26.8 Å². The van der Waals surface area contributed by atoms with E-state index in [1.807, 2.05) is 37.3 Å². The van der Waals surface area contributed by atoms with E-state index in [0.717, 1.165) is 16.7 Å². The molecular formula is C27H24Cl2O3. The van der Waals surface area contributed by atoms with Gasteiger partial charge in [-0.2, -0.15) is 0 Å². The van der Waals surface area contributed by atoms with Crippen LogP contribution in [0.1, 0.15) is 37.5 Å². The van der Waals surface area contributed by atoms with Gasteiger partial charge >= 0.3 is 0 Å². The van der Waals surface area contributed by atoms with E-state index in [9.17, 15) is 4.79 Å². The van der Waals surface area contributed by atoms with Gasteiger partial charge in [-0.15, -0.1) is 0 Å². The summed E-state index contributed by atoms with van der Waals surface area (Å²) in [6.07, 6.45) is 0. The molecule has 5 heteroatoms. The zero-order valence-corrected chi connectivity index (χ0v) is 20.0. The molecule has 0 unspecified atom stereocenters. The lowest BCUT2D eigenvalue weighted by atomic mass is 9.86. The number of hydrogen-bond donors (Lipinski definition) is 0. The number of fused-ring (bicyclic) bond motifs is 1. The number of hydrogen-bond acceptors (Lipinski definition) is 3. The van der Waals surface area contributed by atoms with E-state index in [-0.39, 0.29) is 23.2 Å². The minimum absolute atomic E-state index is 0.0188. The molecule has 0 spiro atoms. The Morgan fingerprint density at radius 3 is 2.31 bits per heavy atom. The van der Waals surface area contributed by atoms with Gasteiger partial charge in [0.05, 0.1) is 5.39 Å². The molecule has 4 aromatic rings. The molecule has 4 rings (SSSR count). The van der Waals surface area contributed by atoms with E-state index < -0.39 is 0 Å². The van der Waals surface area contributed by atoms with Gasteiger partial charge in [0.2, 0.25) is 11.2 Å². The van der Waals surface area contributed by atoms with Crippen molar-refractivity contribution in [3.63, 3.8) is 0 Å². The highest BCUT2D eigenvalue weighted by Gasteiger charge is 2.20. The Kier molecular flexibility index (Phi) is 6.07. The molecule has 0 saturated heterocycles. The highest BCUT2D eigenvalue weighted by molar-refractivity contribution is 6.35. The van der Waals surface area contributed by atoms with Crippen LogP contribution in [0.5, 0.6) is 5.75 Å². The Labute approximate surface area is 197 Å². The number of ether oxygens (including phenoxy) is 1. The monoisotopic (exact) mass is 466 g/mol. The molecule has 0 aliphatic rings. The largest absolute Gasteiger partial charge is 0.481 e. The summed E-state index contributed by atoms with van der Waals surface area (Å²) in [4.78, 5) is 13.4. The second-order valence-corrected chi connectivity index (χ2v) is 9.78. The smallest absolute Gasteiger partial charge is 0.235 e. The van der Waals surface area contributed by atoms with Crippen molar-refractivity contribution in [3.05, 3.63) is 97.6 Å². The van der Waals surface area contributed by atoms with Crippen molar-refractivity contribution in [1.29, 1.82) is 0 Å². The molecule has 0 fully saturated rings. The topological polar surface area (TPSA) is 39.4 Å². The first-order valence-electron chi connectivity index (χ1n) is 10.4. The fraction of sp³-hybridized carbons (Fsp3) is 0.222. The molecule has 0 aliphatic carbocycles. The maximum absolute atomic E-state index is 13.4. The average molecular weight is 467 g/mol. The van der Waals surface area contributed by atoms with Gasteiger partial charge in [-0.3, -0.25) is 4.79 Å². The van der Waals surface area contributed by atoms with Crippen molar-refractivity contribution >= 4 is 34.2 Å². The van der Waals surface area contributed by atoms with Crippen molar-refractivity contribution < 1.29 is 9.15 Å². The van der Waals surface area contributed by atoms with Gasteiger partial charge in [-0.1, -0.05) is 85.9 Å². The summed E-state index contributed by atoms with van der Waals surface area (Å²) >= 11 is 12.3. The normalized spacial score (nSPS) is 11.7. The molecule has 0 N–H and O–H groups in total. The van der Waals surface area contributed by atoms with Crippen LogP contribution < -0.4 is 10.2 Å². The predicted molar refractivity (Wildman–Crippen MR) is 132 cm³/mol. The number of rotatable bonds is 4. The predicted octanol–water partition coefficient (Wildman–Crippen LogP) is 7.95. The molecule has 0 saturated carbocycles. The minimum Gasteiger partial charge on any atom is -0.481 e. The summed E-state index contributed by atoms with van der Waals surface area (Å²) in [5, 5.41) is 1.51. The van der Waals surface area contributed by atoms with Crippen molar-refractivity contribution in [2.75, 3.05) is 0 Å². The van der Waals surface area contributed by atoms with Crippen LogP contribution in [-0.4, -0.2) is 0 Å². The van der Waals surface area contributed by atoms with Gasteiger partial charge in [0, 0.05) is 21.2 Å². The molecule has 0 radical (unpaired) electrons. The Morgan fingerprint density at radius 2 is 1.66 bits per heavy atom. The van der Waals surface area contributed by atoms with Crippen LogP contribution in [0.4, 0.5) is 0 Å². The standard InChI is InChI=1S/C27H24Cl2O3/c1-16-5-12-23-21(13-16)24(30)26(31-15-18-8-11-20(28)14-22(18)29)25(32-23)17-6-9-19(10-7-17)27(2,3)4/h5-14H,15H2,1-4H3. The van der Waals surface area contributed by atoms with E-state index in [1.54, 1.807) is 18.2 Å². The summed E-state index contributed by atoms with van der Waals surface area (Å²) < 4.78 is 12.2. The number of halogens is 2. The minimum atomic E-state index is -0.213. The molecule has 0 atom stereocenters. The van der Waals surface area contributed by atoms with Crippen LogP contribution in [-0.2, 0) is 12.0 Å². The Hall–Kier alpha value is -2.75. The zero-order chi connectivity index (χ0) is 23.0. The van der Waals surface area contributed by atoms with Crippen molar-refractivity contribution in [3.8, 4) is 17.1 Å². The van der Waals surface area contributed by atoms with Crippen LogP contribution in [0.3, 0.4) is 0 Å². The Bertz CT molecular complexity index is 1350. The highest BCUT2D eigenvalue weighted by Crippen LogP contribution is 2.34. The van der Waals surface area contributed by atoms with Crippen LogP contribution >= 0.6 is 23.2 Å². The van der Waals surface area contributed by atoms with Gasteiger partial charge in [-0.05, 0) is 42.2 Å². The lowest BCUT2D eigenvalue weighted by Crippen LogP contribution is -2.12. The van der Waals surface area contributed by atoms with Crippen LogP contribution in [0, 0.1) is 6.92 Å². The van der Waals surface area contributed by atoms with Crippen molar-refractivity contribution in [1.82, 2.24) is 0 Å². The third-order valence-corrected chi connectivity index (χ3v) is 5.99.